The van der Waals surface area contributed by atoms with Gasteiger partial charge in [-0.05, 0) is 32.7 Å². The van der Waals surface area contributed by atoms with Crippen LogP contribution in [0.15, 0.2) is 18.3 Å². The van der Waals surface area contributed by atoms with Crippen LogP contribution in [0.25, 0.3) is 0 Å². The van der Waals surface area contributed by atoms with Crippen LogP contribution in [0.1, 0.15) is 44.1 Å². The number of ether oxygens (including phenoxy) is 1. The van der Waals surface area contributed by atoms with E-state index in [1.807, 2.05) is 4.90 Å². The molecule has 18 heteroatoms. The Balaban J connectivity index is 1.25. The first-order valence-corrected chi connectivity index (χ1v) is 16.4. The van der Waals surface area contributed by atoms with Gasteiger partial charge in [-0.2, -0.15) is 18.2 Å². The Morgan fingerprint density at radius 3 is 2.33 bits per heavy atom. The highest BCUT2D eigenvalue weighted by Crippen LogP contribution is 2.42. The number of nitrogens with zero attached hydrogens (tertiary/aromatic N) is 8. The molecule has 13 nitrogen and oxygen atoms in total. The van der Waals surface area contributed by atoms with Gasteiger partial charge in [-0.1, -0.05) is 0 Å². The lowest BCUT2D eigenvalue weighted by Gasteiger charge is -2.42. The van der Waals surface area contributed by atoms with Crippen molar-refractivity contribution in [2.24, 2.45) is 0 Å². The van der Waals surface area contributed by atoms with E-state index in [9.17, 15) is 36.9 Å². The number of carbonyl (C=O) groups excluding carboxylic acids is 1. The van der Waals surface area contributed by atoms with Crippen LogP contribution >= 0.6 is 0 Å². The van der Waals surface area contributed by atoms with Crippen LogP contribution in [-0.2, 0) is 6.54 Å². The molecule has 4 heterocycles. The standard InChI is InChI=1S/C31H40F5N9O4/c1-40-11-13-41(14-12-40)21-5-9-42(10-6-21)24-16-26(49-2)23(15-25(24)45(47)48)38-28-37-17-20-18-43(19-31(34,35)36)29(46)44(27(20)39-28)22-3-7-30(32,33)8-4-22/h15-17,21-22H,3-14,18-19H2,1-2H3,(H,37,38,39). The van der Waals surface area contributed by atoms with Crippen molar-refractivity contribution in [3.05, 3.63) is 34.0 Å². The number of hydrogen-bond donors (Lipinski definition) is 1. The molecule has 49 heavy (non-hydrogen) atoms. The van der Waals surface area contributed by atoms with Gasteiger partial charge in [0.25, 0.3) is 5.69 Å². The number of urea groups is 1. The number of methoxy groups -OCH3 is 1. The van der Waals surface area contributed by atoms with E-state index >= 15 is 0 Å². The quantitative estimate of drug-likeness (QED) is 0.223. The number of nitro benzene ring substituents is 1. The topological polar surface area (TPSA) is 123 Å². The maximum atomic E-state index is 14.0. The van der Waals surface area contributed by atoms with Gasteiger partial charge in [-0.25, -0.2) is 18.6 Å². The Bertz CT molecular complexity index is 1540. The molecule has 2 saturated heterocycles. The Hall–Kier alpha value is -4.06. The molecule has 1 N–H and O–H groups in total. The van der Waals surface area contributed by atoms with Crippen molar-refractivity contribution in [1.29, 1.82) is 0 Å². The molecule has 3 fully saturated rings. The van der Waals surface area contributed by atoms with E-state index in [-0.39, 0.29) is 47.3 Å². The molecule has 1 aromatic carbocycles. The molecule has 2 aromatic rings. The third-order valence-electron chi connectivity index (χ3n) is 9.93. The summed E-state index contributed by atoms with van der Waals surface area (Å²) in [6.07, 6.45) is -2.98. The van der Waals surface area contributed by atoms with Crippen LogP contribution in [-0.4, -0.2) is 120 Å². The van der Waals surface area contributed by atoms with E-state index in [2.05, 4.69) is 32.1 Å². The van der Waals surface area contributed by atoms with Gasteiger partial charge in [-0.3, -0.25) is 19.9 Å². The van der Waals surface area contributed by atoms with Crippen LogP contribution in [0.5, 0.6) is 5.75 Å². The number of carbonyl (C=O) groups is 1. The van der Waals surface area contributed by atoms with Crippen molar-refractivity contribution in [2.45, 2.75) is 69.3 Å². The second-order valence-corrected chi connectivity index (χ2v) is 13.2. The van der Waals surface area contributed by atoms with Gasteiger partial charge in [0.2, 0.25) is 11.9 Å². The first kappa shape index (κ1) is 34.8. The molecule has 4 aliphatic rings. The average molecular weight is 698 g/mol. The Morgan fingerprint density at radius 2 is 1.71 bits per heavy atom. The summed E-state index contributed by atoms with van der Waals surface area (Å²) in [4.78, 5) is 42.4. The predicted molar refractivity (Wildman–Crippen MR) is 171 cm³/mol. The van der Waals surface area contributed by atoms with Gasteiger partial charge >= 0.3 is 12.2 Å². The summed E-state index contributed by atoms with van der Waals surface area (Å²) in [5, 5.41) is 15.2. The van der Waals surface area contributed by atoms with Crippen molar-refractivity contribution in [3.63, 3.8) is 0 Å². The number of amides is 2. The van der Waals surface area contributed by atoms with Crippen LogP contribution in [0.2, 0.25) is 0 Å². The van der Waals surface area contributed by atoms with Gasteiger partial charge in [0.1, 0.15) is 23.8 Å². The second-order valence-electron chi connectivity index (χ2n) is 13.2. The highest BCUT2D eigenvalue weighted by Gasteiger charge is 2.45. The van der Waals surface area contributed by atoms with E-state index in [1.54, 1.807) is 6.07 Å². The number of hydrogen-bond acceptors (Lipinski definition) is 10. The Morgan fingerprint density at radius 1 is 1.04 bits per heavy atom. The van der Waals surface area contributed by atoms with E-state index < -0.39 is 55.0 Å². The van der Waals surface area contributed by atoms with Crippen LogP contribution in [0, 0.1) is 10.1 Å². The van der Waals surface area contributed by atoms with Crippen molar-refractivity contribution in [2.75, 3.05) is 75.1 Å². The zero-order chi connectivity index (χ0) is 35.1. The minimum Gasteiger partial charge on any atom is -0.494 e. The lowest BCUT2D eigenvalue weighted by molar-refractivity contribution is -0.384. The molecule has 0 radical (unpaired) electrons. The summed E-state index contributed by atoms with van der Waals surface area (Å²) in [5.74, 6) is -2.76. The van der Waals surface area contributed by atoms with E-state index in [1.165, 1.54) is 19.4 Å². The fourth-order valence-corrected chi connectivity index (χ4v) is 7.25. The number of piperidine rings is 1. The molecule has 0 spiro atoms. The lowest BCUT2D eigenvalue weighted by Crippen LogP contribution is -2.55. The monoisotopic (exact) mass is 697 g/mol. The molecule has 2 amide bonds. The van der Waals surface area contributed by atoms with Crippen LogP contribution in [0.4, 0.5) is 55.6 Å². The van der Waals surface area contributed by atoms with Gasteiger partial charge in [0, 0.05) is 88.1 Å². The molecule has 1 aromatic heterocycles. The largest absolute Gasteiger partial charge is 0.494 e. The van der Waals surface area contributed by atoms with Gasteiger partial charge < -0.3 is 24.8 Å². The zero-order valence-electron chi connectivity index (χ0n) is 27.4. The number of fused-ring (bicyclic) bond motifs is 1. The molecule has 3 aliphatic heterocycles. The summed E-state index contributed by atoms with van der Waals surface area (Å²) in [5.41, 5.74) is 0.614. The number of aromatic nitrogens is 2. The van der Waals surface area contributed by atoms with Crippen molar-refractivity contribution >= 4 is 34.9 Å². The van der Waals surface area contributed by atoms with Crippen molar-refractivity contribution in [1.82, 2.24) is 24.7 Å². The molecule has 0 atom stereocenters. The van der Waals surface area contributed by atoms with Crippen molar-refractivity contribution in [3.8, 4) is 5.75 Å². The number of anilines is 4. The minimum atomic E-state index is -4.68. The highest BCUT2D eigenvalue weighted by molar-refractivity contribution is 5.94. The normalized spacial score (nSPS) is 21.5. The number of nitrogens with one attached hydrogen (secondary N) is 1. The SMILES string of the molecule is COc1cc(N2CCC(N3CCN(C)CC3)CC2)c([N+](=O)[O-])cc1Nc1ncc2c(n1)N(C1CCC(F)(F)CC1)C(=O)N(CC(F)(F)F)C2. The van der Waals surface area contributed by atoms with Gasteiger partial charge in [0.15, 0.2) is 0 Å². The molecular weight excluding hydrogens is 657 g/mol. The summed E-state index contributed by atoms with van der Waals surface area (Å²) >= 11 is 0. The Kier molecular flexibility index (Phi) is 9.72. The fraction of sp³-hybridized carbons (Fsp3) is 0.645. The predicted octanol–water partition coefficient (Wildman–Crippen LogP) is 5.24. The number of piperazine rings is 1. The fourth-order valence-electron chi connectivity index (χ4n) is 7.25. The molecule has 0 bridgehead atoms. The lowest BCUT2D eigenvalue weighted by atomic mass is 9.90. The molecule has 0 unspecified atom stereocenters. The summed E-state index contributed by atoms with van der Waals surface area (Å²) in [7, 11) is 3.52. The number of benzene rings is 1. The number of alkyl halides is 5. The third-order valence-corrected chi connectivity index (χ3v) is 9.93. The number of rotatable bonds is 8. The summed E-state index contributed by atoms with van der Waals surface area (Å²) < 4.78 is 73.7. The third kappa shape index (κ3) is 7.74. The molecular formula is C31H40F5N9O4. The van der Waals surface area contributed by atoms with Crippen molar-refractivity contribution < 1.29 is 36.4 Å². The highest BCUT2D eigenvalue weighted by atomic mass is 19.4. The number of halogens is 5. The first-order valence-electron chi connectivity index (χ1n) is 16.4. The maximum Gasteiger partial charge on any atom is 0.406 e. The van der Waals surface area contributed by atoms with Crippen LogP contribution < -0.4 is 19.9 Å². The summed E-state index contributed by atoms with van der Waals surface area (Å²) in [6.45, 7) is 3.32. The maximum absolute atomic E-state index is 14.0. The smallest absolute Gasteiger partial charge is 0.406 e. The van der Waals surface area contributed by atoms with Gasteiger partial charge in [-0.15, -0.1) is 0 Å². The second kappa shape index (κ2) is 13.7. The molecule has 6 rings (SSSR count). The molecule has 1 aliphatic carbocycles. The Labute approximate surface area is 280 Å². The number of likely N-dealkylation sites (N-methyl/N-ethyl adjacent to an activating group) is 1. The summed E-state index contributed by atoms with van der Waals surface area (Å²) in [6, 6.07) is 1.52. The molecule has 1 saturated carbocycles. The van der Waals surface area contributed by atoms with E-state index in [0.29, 0.717) is 29.7 Å². The average Bonchev–Trinajstić information content (AvgIpc) is 3.05. The first-order chi connectivity index (χ1) is 23.2. The zero-order valence-corrected chi connectivity index (χ0v) is 27.4. The van der Waals surface area contributed by atoms with E-state index in [0.717, 1.165) is 43.9 Å². The van der Waals surface area contributed by atoms with Gasteiger partial charge in [0.05, 0.1) is 24.3 Å². The number of nitro groups is 1. The molecule has 268 valence electrons. The van der Waals surface area contributed by atoms with Crippen LogP contribution in [0.3, 0.4) is 0 Å². The minimum absolute atomic E-state index is 0.00412. The van der Waals surface area contributed by atoms with E-state index in [4.69, 9.17) is 4.74 Å².